The minimum Gasteiger partial charge on any atom is -0.339 e. The zero-order valence-electron chi connectivity index (χ0n) is 17.1. The maximum atomic E-state index is 12.6. The monoisotopic (exact) mass is 409 g/mol. The van der Waals surface area contributed by atoms with Crippen molar-refractivity contribution in [1.29, 1.82) is 0 Å². The summed E-state index contributed by atoms with van der Waals surface area (Å²) in [5.41, 5.74) is 4.09. The fourth-order valence-corrected chi connectivity index (χ4v) is 3.89. The van der Waals surface area contributed by atoms with Gasteiger partial charge in [0.25, 0.3) is 0 Å². The van der Waals surface area contributed by atoms with Crippen LogP contribution in [0.1, 0.15) is 50.1 Å². The number of hydrogen-bond acceptors (Lipinski definition) is 4. The summed E-state index contributed by atoms with van der Waals surface area (Å²) in [6, 6.07) is 13.8. The summed E-state index contributed by atoms with van der Waals surface area (Å²) in [6.07, 6.45) is 0.354. The lowest BCUT2D eigenvalue weighted by Crippen LogP contribution is -2.25. The molecule has 5 nitrogen and oxygen atoms in total. The fourth-order valence-electron chi connectivity index (χ4n) is 3.67. The van der Waals surface area contributed by atoms with Crippen LogP contribution < -0.4 is 4.90 Å². The highest BCUT2D eigenvalue weighted by Gasteiger charge is 2.35. The average molecular weight is 410 g/mol. The molecule has 3 aromatic rings. The van der Waals surface area contributed by atoms with Gasteiger partial charge in [0.15, 0.2) is 0 Å². The van der Waals surface area contributed by atoms with Crippen molar-refractivity contribution in [3.05, 3.63) is 64.5 Å². The topological polar surface area (TPSA) is 59.2 Å². The summed E-state index contributed by atoms with van der Waals surface area (Å²) >= 11 is 6.04. The van der Waals surface area contributed by atoms with E-state index in [0.717, 1.165) is 16.8 Å². The Morgan fingerprint density at radius 1 is 1.14 bits per heavy atom. The van der Waals surface area contributed by atoms with Gasteiger partial charge in [0.1, 0.15) is 0 Å². The second-order valence-electron chi connectivity index (χ2n) is 8.62. The first kappa shape index (κ1) is 19.6. The smallest absolute Gasteiger partial charge is 0.232 e. The van der Waals surface area contributed by atoms with Gasteiger partial charge < -0.3 is 9.42 Å². The molecule has 29 heavy (non-hydrogen) atoms. The van der Waals surface area contributed by atoms with Crippen LogP contribution in [0.3, 0.4) is 0 Å². The number of hydrogen-bond donors (Lipinski definition) is 0. The van der Waals surface area contributed by atoms with Crippen LogP contribution in [0.4, 0.5) is 5.69 Å². The predicted octanol–water partition coefficient (Wildman–Crippen LogP) is 5.52. The molecular weight excluding hydrogens is 386 g/mol. The fraction of sp³-hybridized carbons (Fsp3) is 0.348. The van der Waals surface area contributed by atoms with E-state index in [1.54, 1.807) is 11.0 Å². The molecule has 0 radical (unpaired) electrons. The number of aromatic nitrogens is 2. The highest BCUT2D eigenvalue weighted by atomic mass is 35.5. The maximum absolute atomic E-state index is 12.6. The van der Waals surface area contributed by atoms with Crippen molar-refractivity contribution in [2.24, 2.45) is 0 Å². The average Bonchev–Trinajstić information content (AvgIpc) is 3.28. The van der Waals surface area contributed by atoms with E-state index in [-0.39, 0.29) is 17.2 Å². The number of anilines is 1. The third-order valence-corrected chi connectivity index (χ3v) is 5.61. The van der Waals surface area contributed by atoms with Gasteiger partial charge in [-0.3, -0.25) is 4.79 Å². The van der Waals surface area contributed by atoms with Gasteiger partial charge in [-0.15, -0.1) is 0 Å². The highest BCUT2D eigenvalue weighted by molar-refractivity contribution is 6.30. The normalized spacial score (nSPS) is 17.2. The predicted molar refractivity (Wildman–Crippen MR) is 114 cm³/mol. The molecule has 1 fully saturated rings. The van der Waals surface area contributed by atoms with Crippen molar-refractivity contribution in [2.45, 2.75) is 45.4 Å². The van der Waals surface area contributed by atoms with Crippen LogP contribution in [-0.4, -0.2) is 22.6 Å². The molecule has 1 aromatic heterocycles. The second kappa shape index (κ2) is 7.30. The van der Waals surface area contributed by atoms with Crippen molar-refractivity contribution in [3.8, 4) is 11.4 Å². The van der Waals surface area contributed by atoms with E-state index in [1.165, 1.54) is 5.56 Å². The van der Waals surface area contributed by atoms with Gasteiger partial charge in [-0.25, -0.2) is 0 Å². The summed E-state index contributed by atoms with van der Waals surface area (Å²) in [6.45, 7) is 9.01. The Kier molecular flexibility index (Phi) is 4.95. The van der Waals surface area contributed by atoms with E-state index >= 15 is 0 Å². The van der Waals surface area contributed by atoms with Crippen molar-refractivity contribution in [2.75, 3.05) is 11.4 Å². The summed E-state index contributed by atoms with van der Waals surface area (Å²) < 4.78 is 5.52. The Morgan fingerprint density at radius 2 is 1.86 bits per heavy atom. The third kappa shape index (κ3) is 3.92. The Labute approximate surface area is 175 Å². The van der Waals surface area contributed by atoms with Crippen LogP contribution in [0.25, 0.3) is 11.4 Å². The van der Waals surface area contributed by atoms with Gasteiger partial charge in [0.2, 0.25) is 17.6 Å². The van der Waals surface area contributed by atoms with Crippen LogP contribution in [0, 0.1) is 6.92 Å². The number of carbonyl (C=O) groups excluding carboxylic acids is 1. The molecule has 0 aliphatic carbocycles. The molecule has 6 heteroatoms. The van der Waals surface area contributed by atoms with Crippen molar-refractivity contribution >= 4 is 23.2 Å². The number of halogens is 1. The molecule has 1 atom stereocenters. The highest BCUT2D eigenvalue weighted by Crippen LogP contribution is 2.34. The minimum atomic E-state index is -0.118. The molecule has 0 saturated carbocycles. The molecule has 1 unspecified atom stereocenters. The number of nitrogens with zero attached hydrogens (tertiary/aromatic N) is 3. The molecule has 1 amide bonds. The quantitative estimate of drug-likeness (QED) is 0.571. The summed E-state index contributed by atoms with van der Waals surface area (Å²) in [5.74, 6) is 0.985. The lowest BCUT2D eigenvalue weighted by atomic mass is 9.87. The molecule has 1 saturated heterocycles. The lowest BCUT2D eigenvalue weighted by molar-refractivity contribution is -0.117. The largest absolute Gasteiger partial charge is 0.339 e. The molecular formula is C23H24ClN3O2. The van der Waals surface area contributed by atoms with Crippen LogP contribution in [-0.2, 0) is 10.2 Å². The molecule has 2 heterocycles. The van der Waals surface area contributed by atoms with Gasteiger partial charge in [-0.05, 0) is 41.7 Å². The number of aryl methyl sites for hydroxylation is 1. The van der Waals surface area contributed by atoms with Crippen molar-refractivity contribution in [3.63, 3.8) is 0 Å². The minimum absolute atomic E-state index is 0.0507. The van der Waals surface area contributed by atoms with Crippen LogP contribution in [0.2, 0.25) is 5.02 Å². The first-order valence-electron chi connectivity index (χ1n) is 9.73. The lowest BCUT2D eigenvalue weighted by Gasteiger charge is -2.18. The molecule has 2 aromatic carbocycles. The molecule has 150 valence electrons. The van der Waals surface area contributed by atoms with Crippen LogP contribution >= 0.6 is 11.6 Å². The Morgan fingerprint density at radius 3 is 2.52 bits per heavy atom. The number of rotatable bonds is 3. The van der Waals surface area contributed by atoms with E-state index in [2.05, 4.69) is 43.0 Å². The SMILES string of the molecule is Cc1cc(Cl)ccc1N1CC(c2nc(-c3ccc(C(C)(C)C)cc3)no2)CC1=O. The molecule has 1 aliphatic heterocycles. The third-order valence-electron chi connectivity index (χ3n) is 5.37. The zero-order chi connectivity index (χ0) is 20.8. The van der Waals surface area contributed by atoms with Crippen molar-refractivity contribution in [1.82, 2.24) is 10.1 Å². The zero-order valence-corrected chi connectivity index (χ0v) is 17.8. The van der Waals surface area contributed by atoms with E-state index in [1.807, 2.05) is 31.2 Å². The first-order chi connectivity index (χ1) is 13.7. The van der Waals surface area contributed by atoms with Gasteiger partial charge >= 0.3 is 0 Å². The molecule has 4 rings (SSSR count). The second-order valence-corrected chi connectivity index (χ2v) is 9.06. The van der Waals surface area contributed by atoms with Gasteiger partial charge in [0.05, 0.1) is 5.92 Å². The molecule has 0 N–H and O–H groups in total. The molecule has 0 bridgehead atoms. The van der Waals surface area contributed by atoms with Gasteiger partial charge in [-0.2, -0.15) is 4.98 Å². The van der Waals surface area contributed by atoms with Gasteiger partial charge in [0, 0.05) is 29.2 Å². The van der Waals surface area contributed by atoms with E-state index in [9.17, 15) is 4.79 Å². The summed E-state index contributed by atoms with van der Waals surface area (Å²) in [7, 11) is 0. The van der Waals surface area contributed by atoms with E-state index in [0.29, 0.717) is 29.7 Å². The number of amides is 1. The van der Waals surface area contributed by atoms with E-state index in [4.69, 9.17) is 16.1 Å². The maximum Gasteiger partial charge on any atom is 0.232 e. The summed E-state index contributed by atoms with van der Waals surface area (Å²) in [4.78, 5) is 19.0. The Hall–Kier alpha value is -2.66. The Balaban J connectivity index is 1.53. The summed E-state index contributed by atoms with van der Waals surface area (Å²) in [5, 5.41) is 4.80. The Bertz CT molecular complexity index is 1050. The van der Waals surface area contributed by atoms with Crippen LogP contribution in [0.15, 0.2) is 47.0 Å². The number of benzene rings is 2. The molecule has 0 spiro atoms. The number of carbonyl (C=O) groups is 1. The first-order valence-corrected chi connectivity index (χ1v) is 10.1. The van der Waals surface area contributed by atoms with Crippen molar-refractivity contribution < 1.29 is 9.32 Å². The van der Waals surface area contributed by atoms with E-state index < -0.39 is 0 Å². The van der Waals surface area contributed by atoms with Crippen LogP contribution in [0.5, 0.6) is 0 Å². The standard InChI is InChI=1S/C23H24ClN3O2/c1-14-11-18(24)9-10-19(14)27-13-16(12-20(27)28)22-25-21(26-29-22)15-5-7-17(8-6-15)23(2,3)4/h5-11,16H,12-13H2,1-4H3. The molecule has 1 aliphatic rings. The van der Waals surface area contributed by atoms with Gasteiger partial charge in [-0.1, -0.05) is 61.8 Å².